The fourth-order valence-corrected chi connectivity index (χ4v) is 5.18. The second kappa shape index (κ2) is 10.1. The molecule has 0 saturated heterocycles. The number of aliphatic imine (C=N–C) groups is 1. The zero-order valence-corrected chi connectivity index (χ0v) is 19.1. The Bertz CT molecular complexity index is 664. The van der Waals surface area contributed by atoms with Gasteiger partial charge >= 0.3 is 0 Å². The number of thiophene rings is 1. The zero-order chi connectivity index (χ0) is 17.6. The Morgan fingerprint density at radius 1 is 1.28 bits per heavy atom. The van der Waals surface area contributed by atoms with Gasteiger partial charge in [0.05, 0.1) is 0 Å². The van der Waals surface area contributed by atoms with E-state index in [4.69, 9.17) is 0 Å². The molecule has 0 bridgehead atoms. The summed E-state index contributed by atoms with van der Waals surface area (Å²) in [6, 6.07) is 3.45. The predicted octanol–water partition coefficient (Wildman–Crippen LogP) is 2.70. The molecule has 144 valence electrons. The lowest BCUT2D eigenvalue weighted by Crippen LogP contribution is -2.47. The van der Waals surface area contributed by atoms with Crippen molar-refractivity contribution in [2.75, 3.05) is 26.7 Å². The van der Waals surface area contributed by atoms with Crippen LogP contribution in [0, 0.1) is 12.3 Å². The molecule has 1 aliphatic carbocycles. The van der Waals surface area contributed by atoms with Crippen LogP contribution in [0.4, 0.5) is 0 Å². The first-order valence-corrected chi connectivity index (χ1v) is 10.7. The largest absolute Gasteiger partial charge is 0.356 e. The van der Waals surface area contributed by atoms with Gasteiger partial charge in [-0.25, -0.2) is 13.1 Å². The number of halogens is 1. The van der Waals surface area contributed by atoms with Gasteiger partial charge in [-0.2, -0.15) is 0 Å². The summed E-state index contributed by atoms with van der Waals surface area (Å²) >= 11 is 1.28. The normalized spacial score (nSPS) is 16.7. The zero-order valence-electron chi connectivity index (χ0n) is 15.1. The lowest BCUT2D eigenvalue weighted by Gasteiger charge is -2.41. The van der Waals surface area contributed by atoms with Crippen LogP contribution in [-0.4, -0.2) is 41.1 Å². The molecule has 2 rings (SSSR count). The molecule has 1 aromatic heterocycles. The third-order valence-corrected chi connectivity index (χ3v) is 7.66. The maximum absolute atomic E-state index is 12.1. The number of nitrogens with one attached hydrogen (secondary N) is 3. The molecule has 6 nitrogen and oxygen atoms in total. The van der Waals surface area contributed by atoms with Crippen LogP contribution in [0.25, 0.3) is 0 Å². The minimum Gasteiger partial charge on any atom is -0.356 e. The second-order valence-electron chi connectivity index (χ2n) is 6.32. The number of nitrogens with zero attached hydrogens (tertiary/aromatic N) is 1. The topological polar surface area (TPSA) is 82.6 Å². The van der Waals surface area contributed by atoms with Crippen LogP contribution >= 0.6 is 35.3 Å². The monoisotopic (exact) mass is 500 g/mol. The lowest BCUT2D eigenvalue weighted by atomic mass is 9.67. The Balaban J connectivity index is 0.00000312. The number of rotatable bonds is 8. The molecule has 9 heteroatoms. The van der Waals surface area contributed by atoms with Gasteiger partial charge in [0, 0.05) is 31.6 Å². The highest BCUT2D eigenvalue weighted by molar-refractivity contribution is 14.0. The van der Waals surface area contributed by atoms with E-state index in [1.165, 1.54) is 37.0 Å². The van der Waals surface area contributed by atoms with Gasteiger partial charge in [-0.15, -0.1) is 35.3 Å². The summed E-state index contributed by atoms with van der Waals surface area (Å²) in [6.07, 6.45) is 5.03. The highest BCUT2D eigenvalue weighted by Crippen LogP contribution is 2.42. The lowest BCUT2D eigenvalue weighted by molar-refractivity contribution is 0.131. The fraction of sp³-hybridized carbons (Fsp3) is 0.688. The van der Waals surface area contributed by atoms with Crippen molar-refractivity contribution < 1.29 is 8.42 Å². The number of hydrogen-bond acceptors (Lipinski definition) is 4. The first-order valence-electron chi connectivity index (χ1n) is 8.41. The summed E-state index contributed by atoms with van der Waals surface area (Å²) in [6.45, 7) is 5.86. The first kappa shape index (κ1) is 22.7. The van der Waals surface area contributed by atoms with Crippen molar-refractivity contribution in [3.63, 3.8) is 0 Å². The Labute approximate surface area is 172 Å². The predicted molar refractivity (Wildman–Crippen MR) is 116 cm³/mol. The van der Waals surface area contributed by atoms with Crippen LogP contribution in [0.2, 0.25) is 0 Å². The van der Waals surface area contributed by atoms with Gasteiger partial charge < -0.3 is 10.6 Å². The SMILES string of the molecule is CCC1(CNC(=NC)NCCNS(=O)(=O)c2ccc(C)s2)CCC1.I. The van der Waals surface area contributed by atoms with Gasteiger partial charge in [0.15, 0.2) is 5.96 Å². The van der Waals surface area contributed by atoms with Crippen molar-refractivity contribution >= 4 is 51.3 Å². The first-order chi connectivity index (χ1) is 11.4. The van der Waals surface area contributed by atoms with E-state index in [1.807, 2.05) is 13.0 Å². The van der Waals surface area contributed by atoms with E-state index in [0.717, 1.165) is 17.4 Å². The maximum atomic E-state index is 12.1. The summed E-state index contributed by atoms with van der Waals surface area (Å²) in [5, 5.41) is 6.52. The van der Waals surface area contributed by atoms with Gasteiger partial charge in [0.1, 0.15) is 4.21 Å². The van der Waals surface area contributed by atoms with Crippen LogP contribution in [0.1, 0.15) is 37.5 Å². The molecule has 0 aliphatic heterocycles. The van der Waals surface area contributed by atoms with E-state index in [1.54, 1.807) is 13.1 Å². The Kier molecular flexibility index (Phi) is 9.13. The van der Waals surface area contributed by atoms with Crippen molar-refractivity contribution in [2.24, 2.45) is 10.4 Å². The minimum absolute atomic E-state index is 0. The maximum Gasteiger partial charge on any atom is 0.250 e. The van der Waals surface area contributed by atoms with Gasteiger partial charge in [0.25, 0.3) is 0 Å². The van der Waals surface area contributed by atoms with E-state index >= 15 is 0 Å². The summed E-state index contributed by atoms with van der Waals surface area (Å²) in [5.41, 5.74) is 0.413. The molecular formula is C16H29IN4O2S2. The van der Waals surface area contributed by atoms with Gasteiger partial charge in [0.2, 0.25) is 10.0 Å². The molecule has 1 aromatic rings. The smallest absolute Gasteiger partial charge is 0.250 e. The Morgan fingerprint density at radius 2 is 2.00 bits per heavy atom. The second-order valence-corrected chi connectivity index (χ2v) is 9.60. The molecule has 0 amide bonds. The number of aryl methyl sites for hydroxylation is 1. The summed E-state index contributed by atoms with van der Waals surface area (Å²) < 4.78 is 27.2. The number of guanidine groups is 1. The quantitative estimate of drug-likeness (QED) is 0.222. The van der Waals surface area contributed by atoms with E-state index in [9.17, 15) is 8.42 Å². The van der Waals surface area contributed by atoms with Crippen molar-refractivity contribution in [3.05, 3.63) is 17.0 Å². The van der Waals surface area contributed by atoms with Crippen molar-refractivity contribution in [1.29, 1.82) is 0 Å². The number of hydrogen-bond donors (Lipinski definition) is 3. The Morgan fingerprint density at radius 3 is 2.48 bits per heavy atom. The fourth-order valence-electron chi connectivity index (χ4n) is 2.82. The minimum atomic E-state index is -3.41. The molecule has 0 aromatic carbocycles. The molecule has 1 fully saturated rings. The van der Waals surface area contributed by atoms with Crippen LogP contribution in [0.3, 0.4) is 0 Å². The highest BCUT2D eigenvalue weighted by atomic mass is 127. The number of sulfonamides is 1. The molecule has 1 aliphatic rings. The van der Waals surface area contributed by atoms with Gasteiger partial charge in [-0.3, -0.25) is 4.99 Å². The van der Waals surface area contributed by atoms with E-state index < -0.39 is 10.0 Å². The molecule has 0 spiro atoms. The van der Waals surface area contributed by atoms with Gasteiger partial charge in [-0.1, -0.05) is 13.3 Å². The summed E-state index contributed by atoms with van der Waals surface area (Å²) in [7, 11) is -1.68. The highest BCUT2D eigenvalue weighted by Gasteiger charge is 2.34. The van der Waals surface area contributed by atoms with Crippen LogP contribution < -0.4 is 15.4 Å². The van der Waals surface area contributed by atoms with Crippen LogP contribution in [0.15, 0.2) is 21.3 Å². The third-order valence-electron chi connectivity index (χ3n) is 4.71. The molecule has 1 saturated carbocycles. The van der Waals surface area contributed by atoms with E-state index in [-0.39, 0.29) is 24.0 Å². The summed E-state index contributed by atoms with van der Waals surface area (Å²) in [4.78, 5) is 5.18. The third kappa shape index (κ3) is 6.37. The molecule has 0 atom stereocenters. The molecule has 25 heavy (non-hydrogen) atoms. The van der Waals surface area contributed by atoms with Crippen molar-refractivity contribution in [2.45, 2.75) is 43.7 Å². The standard InChI is InChI=1S/C16H28N4O2S2.HI/c1-4-16(8-5-9-16)12-19-15(17-3)18-10-11-20-24(21,22)14-7-6-13(2)23-14;/h6-7,20H,4-5,8-12H2,1-3H3,(H2,17,18,19);1H. The van der Waals surface area contributed by atoms with E-state index in [0.29, 0.717) is 22.7 Å². The van der Waals surface area contributed by atoms with Gasteiger partial charge in [-0.05, 0) is 43.7 Å². The average Bonchev–Trinajstić information content (AvgIpc) is 2.96. The molecule has 3 N–H and O–H groups in total. The molecule has 0 radical (unpaired) electrons. The van der Waals surface area contributed by atoms with Crippen molar-refractivity contribution in [3.8, 4) is 0 Å². The average molecular weight is 500 g/mol. The van der Waals surface area contributed by atoms with Crippen molar-refractivity contribution in [1.82, 2.24) is 15.4 Å². The molecule has 0 unspecified atom stereocenters. The molecular weight excluding hydrogens is 471 g/mol. The van der Waals surface area contributed by atoms with Crippen LogP contribution in [-0.2, 0) is 10.0 Å². The van der Waals surface area contributed by atoms with E-state index in [2.05, 4.69) is 27.3 Å². The summed E-state index contributed by atoms with van der Waals surface area (Å²) in [5.74, 6) is 0.723. The Hall–Kier alpha value is -0.390. The van der Waals surface area contributed by atoms with Crippen LogP contribution in [0.5, 0.6) is 0 Å². The molecule has 1 heterocycles.